The summed E-state index contributed by atoms with van der Waals surface area (Å²) < 4.78 is 7.36. The van der Waals surface area contributed by atoms with Gasteiger partial charge in [-0.05, 0) is 48.7 Å². The molecule has 3 N–H and O–H groups in total. The highest BCUT2D eigenvalue weighted by atomic mass is 32.1. The van der Waals surface area contributed by atoms with E-state index < -0.39 is 5.91 Å². The molecular weight excluding hydrogens is 426 g/mol. The molecule has 3 aromatic rings. The molecule has 0 saturated carbocycles. The second kappa shape index (κ2) is 9.60. The van der Waals surface area contributed by atoms with Crippen molar-refractivity contribution < 1.29 is 14.6 Å². The maximum atomic E-state index is 11.7. The van der Waals surface area contributed by atoms with Gasteiger partial charge in [0.1, 0.15) is 5.75 Å². The molecule has 0 aliphatic carbocycles. The van der Waals surface area contributed by atoms with Crippen LogP contribution in [-0.4, -0.2) is 41.2 Å². The van der Waals surface area contributed by atoms with Crippen molar-refractivity contribution in [3.8, 4) is 23.1 Å². The Kier molecular flexibility index (Phi) is 6.44. The van der Waals surface area contributed by atoms with E-state index >= 15 is 0 Å². The topological polar surface area (TPSA) is 126 Å². The zero-order valence-corrected chi connectivity index (χ0v) is 18.0. The summed E-state index contributed by atoms with van der Waals surface area (Å²) in [5.41, 5.74) is 8.19. The molecule has 0 bridgehead atoms. The molecule has 0 spiro atoms. The molecule has 1 atom stereocenters. The number of amides is 1. The fourth-order valence-corrected chi connectivity index (χ4v) is 4.19. The zero-order valence-electron chi connectivity index (χ0n) is 17.1. The summed E-state index contributed by atoms with van der Waals surface area (Å²) in [6.45, 7) is 1.30. The molecule has 32 heavy (non-hydrogen) atoms. The van der Waals surface area contributed by atoms with E-state index in [1.807, 2.05) is 17.5 Å². The monoisotopic (exact) mass is 447 g/mol. The van der Waals surface area contributed by atoms with Crippen molar-refractivity contribution in [3.05, 3.63) is 69.3 Å². The van der Waals surface area contributed by atoms with Gasteiger partial charge in [-0.15, -0.1) is 11.3 Å². The molecule has 1 aromatic heterocycles. The SMILES string of the molecule is N#Cc1ccc(C=Nn2c(-c3ccc(O)c(C(N)=O)c3)csc2=NCC2CCCO2)cc1. The van der Waals surface area contributed by atoms with Crippen LogP contribution in [0.1, 0.15) is 34.3 Å². The Morgan fingerprint density at radius 1 is 1.34 bits per heavy atom. The largest absolute Gasteiger partial charge is 0.507 e. The average molecular weight is 448 g/mol. The van der Waals surface area contributed by atoms with Gasteiger partial charge in [-0.25, -0.2) is 4.68 Å². The Labute approximate surface area is 188 Å². The first-order valence-corrected chi connectivity index (χ1v) is 10.9. The third-order valence-electron chi connectivity index (χ3n) is 5.06. The van der Waals surface area contributed by atoms with Crippen molar-refractivity contribution in [2.24, 2.45) is 15.8 Å². The summed E-state index contributed by atoms with van der Waals surface area (Å²) in [5.74, 6) is -0.886. The second-order valence-corrected chi connectivity index (χ2v) is 8.10. The van der Waals surface area contributed by atoms with Crippen molar-refractivity contribution in [3.63, 3.8) is 0 Å². The number of ether oxygens (including phenoxy) is 1. The number of hydrogen-bond acceptors (Lipinski definition) is 7. The average Bonchev–Trinajstić information content (AvgIpc) is 3.46. The van der Waals surface area contributed by atoms with Crippen molar-refractivity contribution in [1.29, 1.82) is 5.26 Å². The number of nitriles is 1. The van der Waals surface area contributed by atoms with Crippen LogP contribution < -0.4 is 10.5 Å². The fraction of sp³-hybridized carbons (Fsp3) is 0.217. The summed E-state index contributed by atoms with van der Waals surface area (Å²) in [7, 11) is 0. The van der Waals surface area contributed by atoms with E-state index in [1.54, 1.807) is 29.1 Å². The van der Waals surface area contributed by atoms with Gasteiger partial charge >= 0.3 is 0 Å². The van der Waals surface area contributed by atoms with Crippen molar-refractivity contribution in [2.45, 2.75) is 18.9 Å². The van der Waals surface area contributed by atoms with Crippen LogP contribution in [0.25, 0.3) is 11.3 Å². The lowest BCUT2D eigenvalue weighted by molar-refractivity contribution is 0.0997. The Morgan fingerprint density at radius 2 is 2.16 bits per heavy atom. The number of carbonyl (C=O) groups excluding carboxylic acids is 1. The van der Waals surface area contributed by atoms with E-state index in [2.05, 4.69) is 11.2 Å². The van der Waals surface area contributed by atoms with Gasteiger partial charge in [-0.3, -0.25) is 9.79 Å². The molecule has 1 unspecified atom stereocenters. The molecule has 9 heteroatoms. The molecule has 4 rings (SSSR count). The molecule has 162 valence electrons. The van der Waals surface area contributed by atoms with Crippen LogP contribution in [0, 0.1) is 11.3 Å². The number of phenols is 1. The number of primary amides is 1. The zero-order chi connectivity index (χ0) is 22.5. The molecule has 8 nitrogen and oxygen atoms in total. The Bertz CT molecular complexity index is 1260. The van der Waals surface area contributed by atoms with Gasteiger partial charge in [-0.1, -0.05) is 12.1 Å². The predicted molar refractivity (Wildman–Crippen MR) is 121 cm³/mol. The molecule has 2 aromatic carbocycles. The van der Waals surface area contributed by atoms with Crippen LogP contribution in [0.2, 0.25) is 0 Å². The summed E-state index contributed by atoms with van der Waals surface area (Å²) in [6, 6.07) is 13.8. The molecule has 0 radical (unpaired) electrons. The number of aromatic hydroxyl groups is 1. The number of hydrogen-bond donors (Lipinski definition) is 2. The predicted octanol–water partition coefficient (Wildman–Crippen LogP) is 2.85. The van der Waals surface area contributed by atoms with E-state index in [0.717, 1.165) is 25.0 Å². The molecule has 1 saturated heterocycles. The maximum absolute atomic E-state index is 11.7. The number of benzene rings is 2. The number of nitrogens with two attached hydrogens (primary N) is 1. The minimum absolute atomic E-state index is 0.0363. The lowest BCUT2D eigenvalue weighted by atomic mass is 10.1. The van der Waals surface area contributed by atoms with Gasteiger partial charge in [0.2, 0.25) is 4.80 Å². The quantitative estimate of drug-likeness (QED) is 0.564. The van der Waals surface area contributed by atoms with Crippen molar-refractivity contribution >= 4 is 23.5 Å². The minimum atomic E-state index is -0.712. The summed E-state index contributed by atoms with van der Waals surface area (Å²) >= 11 is 1.42. The van der Waals surface area contributed by atoms with E-state index in [1.165, 1.54) is 23.5 Å². The van der Waals surface area contributed by atoms with Gasteiger partial charge in [-0.2, -0.15) is 10.4 Å². The Morgan fingerprint density at radius 3 is 2.84 bits per heavy atom. The highest BCUT2D eigenvalue weighted by Gasteiger charge is 2.16. The molecule has 1 amide bonds. The molecule has 1 fully saturated rings. The van der Waals surface area contributed by atoms with E-state index in [-0.39, 0.29) is 17.4 Å². The van der Waals surface area contributed by atoms with E-state index in [0.29, 0.717) is 28.2 Å². The number of carbonyl (C=O) groups is 1. The molecule has 1 aliphatic rings. The lowest BCUT2D eigenvalue weighted by Gasteiger charge is -2.07. The highest BCUT2D eigenvalue weighted by Crippen LogP contribution is 2.26. The lowest BCUT2D eigenvalue weighted by Crippen LogP contribution is -2.17. The summed E-state index contributed by atoms with van der Waals surface area (Å²) in [4.78, 5) is 17.1. The van der Waals surface area contributed by atoms with Gasteiger partial charge < -0.3 is 15.6 Å². The standard InChI is InChI=1S/C23H21N5O3S/c24-11-15-3-5-16(6-4-15)12-27-28-20(17-7-8-21(29)19(10-17)22(25)30)14-32-23(28)26-13-18-2-1-9-31-18/h3-8,10,12,14,18,29H,1-2,9,13H2,(H2,25,30). The molecule has 2 heterocycles. The van der Waals surface area contributed by atoms with E-state index in [9.17, 15) is 9.90 Å². The Balaban J connectivity index is 1.75. The van der Waals surface area contributed by atoms with Gasteiger partial charge in [0.05, 0.1) is 41.8 Å². The van der Waals surface area contributed by atoms with Crippen molar-refractivity contribution in [2.75, 3.05) is 13.2 Å². The normalized spacial score (nSPS) is 16.5. The first-order valence-electron chi connectivity index (χ1n) is 10.1. The van der Waals surface area contributed by atoms with Crippen LogP contribution in [0.5, 0.6) is 5.75 Å². The molecule has 1 aliphatic heterocycles. The van der Waals surface area contributed by atoms with Crippen LogP contribution >= 0.6 is 11.3 Å². The van der Waals surface area contributed by atoms with Gasteiger partial charge in [0.15, 0.2) is 0 Å². The molecular formula is C23H21N5O3S. The number of thiazole rings is 1. The third kappa shape index (κ3) is 4.77. The highest BCUT2D eigenvalue weighted by molar-refractivity contribution is 7.07. The maximum Gasteiger partial charge on any atom is 0.252 e. The fourth-order valence-electron chi connectivity index (χ4n) is 3.35. The van der Waals surface area contributed by atoms with Crippen LogP contribution in [0.3, 0.4) is 0 Å². The summed E-state index contributed by atoms with van der Waals surface area (Å²) in [6.07, 6.45) is 3.80. The first kappa shape index (κ1) is 21.5. The van der Waals surface area contributed by atoms with Crippen LogP contribution in [0.4, 0.5) is 0 Å². The van der Waals surface area contributed by atoms with Crippen LogP contribution in [0.15, 0.2) is 57.9 Å². The van der Waals surface area contributed by atoms with Crippen molar-refractivity contribution in [1.82, 2.24) is 4.68 Å². The number of rotatable bonds is 6. The second-order valence-electron chi connectivity index (χ2n) is 7.27. The smallest absolute Gasteiger partial charge is 0.252 e. The van der Waals surface area contributed by atoms with Gasteiger partial charge in [0, 0.05) is 17.6 Å². The van der Waals surface area contributed by atoms with Crippen LogP contribution in [-0.2, 0) is 4.74 Å². The number of aromatic nitrogens is 1. The number of nitrogens with zero attached hydrogens (tertiary/aromatic N) is 4. The minimum Gasteiger partial charge on any atom is -0.507 e. The third-order valence-corrected chi connectivity index (χ3v) is 5.91. The van der Waals surface area contributed by atoms with Gasteiger partial charge in [0.25, 0.3) is 5.91 Å². The van der Waals surface area contributed by atoms with E-state index in [4.69, 9.17) is 20.7 Å². The first-order chi connectivity index (χ1) is 15.5. The Hall–Kier alpha value is -3.74. The summed E-state index contributed by atoms with van der Waals surface area (Å²) in [5, 5.41) is 25.4.